The Balaban J connectivity index is 0.000000166. The van der Waals surface area contributed by atoms with Crippen LogP contribution in [0, 0.1) is 57.0 Å². The Morgan fingerprint density at radius 2 is 0.864 bits per heavy atom. The Labute approximate surface area is 399 Å². The minimum Gasteiger partial charge on any atom is -0.299 e. The fraction of sp³-hybridized carbons (Fsp3) is 0.448. The van der Waals surface area contributed by atoms with Gasteiger partial charge in [-0.2, -0.15) is 0 Å². The Kier molecular flexibility index (Phi) is 12.6. The lowest BCUT2D eigenvalue weighted by Crippen LogP contribution is -2.25. The van der Waals surface area contributed by atoms with Crippen LogP contribution in [0.2, 0.25) is 10.0 Å². The zero-order valence-electron chi connectivity index (χ0n) is 39.2. The van der Waals surface area contributed by atoms with Gasteiger partial charge in [-0.15, -0.1) is 0 Å². The summed E-state index contributed by atoms with van der Waals surface area (Å²) in [5, 5.41) is 3.28. The van der Waals surface area contributed by atoms with Crippen LogP contribution in [0.3, 0.4) is 0 Å². The summed E-state index contributed by atoms with van der Waals surface area (Å²) in [6.45, 7) is 13.9. The van der Waals surface area contributed by atoms with Crippen LogP contribution in [0.4, 0.5) is 8.78 Å². The first-order chi connectivity index (χ1) is 31.3. The van der Waals surface area contributed by atoms with Crippen LogP contribution in [-0.2, 0) is 22.4 Å². The van der Waals surface area contributed by atoms with Crippen molar-refractivity contribution in [2.75, 3.05) is 0 Å². The Hall–Kier alpha value is -4.52. The second-order valence-electron chi connectivity index (χ2n) is 22.0. The molecule has 0 aliphatic heterocycles. The lowest BCUT2D eigenvalue weighted by atomic mass is 9.71. The summed E-state index contributed by atoms with van der Waals surface area (Å²) in [6, 6.07) is 29.2. The highest BCUT2D eigenvalue weighted by Crippen LogP contribution is 2.70. The van der Waals surface area contributed by atoms with Gasteiger partial charge in [-0.25, -0.2) is 8.78 Å². The van der Waals surface area contributed by atoms with Crippen molar-refractivity contribution in [3.05, 3.63) is 153 Å². The molecular weight excluding hydrogens is 866 g/mol. The van der Waals surface area contributed by atoms with E-state index in [9.17, 15) is 18.4 Å². The first kappa shape index (κ1) is 46.6. The largest absolute Gasteiger partial charge is 0.299 e. The summed E-state index contributed by atoms with van der Waals surface area (Å²) in [7, 11) is 0. The van der Waals surface area contributed by atoms with Crippen molar-refractivity contribution in [1.29, 1.82) is 0 Å². The van der Waals surface area contributed by atoms with E-state index in [0.29, 0.717) is 58.1 Å². The van der Waals surface area contributed by atoms with E-state index < -0.39 is 0 Å². The molecule has 4 aliphatic rings. The molecule has 0 amide bonds. The zero-order chi connectivity index (χ0) is 46.8. The minimum absolute atomic E-state index is 0.0502. The van der Waals surface area contributed by atoms with Crippen molar-refractivity contribution in [2.24, 2.45) is 45.3 Å². The van der Waals surface area contributed by atoms with Crippen LogP contribution in [-0.4, -0.2) is 21.5 Å². The van der Waals surface area contributed by atoms with E-state index in [-0.39, 0.29) is 45.1 Å². The van der Waals surface area contributed by atoms with E-state index in [1.807, 2.05) is 60.9 Å². The van der Waals surface area contributed by atoms with E-state index >= 15 is 0 Å². The number of Topliss-reactive ketones (excluding diaryl/α,β-unsaturated/α-hetero) is 2. The topological polar surface area (TPSA) is 59.9 Å². The molecule has 0 spiro atoms. The highest BCUT2D eigenvalue weighted by Gasteiger charge is 2.60. The third kappa shape index (κ3) is 8.86. The van der Waals surface area contributed by atoms with Crippen LogP contribution in [0.1, 0.15) is 127 Å². The van der Waals surface area contributed by atoms with Crippen LogP contribution in [0.5, 0.6) is 0 Å². The molecule has 4 aliphatic carbocycles. The van der Waals surface area contributed by atoms with Crippen molar-refractivity contribution in [2.45, 2.75) is 118 Å². The number of carbonyl (C=O) groups is 2. The van der Waals surface area contributed by atoms with Gasteiger partial charge < -0.3 is 0 Å². The highest BCUT2D eigenvalue weighted by atomic mass is 35.5. The standard InChI is InChI=1S/2C29H31ClFNO/c2*1-18(27(33)12-19-4-6-22(30)7-5-19)20-14-28(2)16-21(17-29(28,3)15-20)24-10-11-32-26-9-8-23(31)13-25(24)26/h2*4-11,13,18,20-21H,12,14-17H2,1-3H3/t2*18?,20?,21?,28-,29+. The lowest BCUT2D eigenvalue weighted by Gasteiger charge is -2.34. The quantitative estimate of drug-likeness (QED) is 0.137. The Morgan fingerprint density at radius 3 is 1.20 bits per heavy atom. The molecule has 66 heavy (non-hydrogen) atoms. The number of aromatic nitrogens is 2. The van der Waals surface area contributed by atoms with Gasteiger partial charge in [0.1, 0.15) is 23.2 Å². The van der Waals surface area contributed by atoms with Gasteiger partial charge in [-0.3, -0.25) is 19.6 Å². The Bertz CT molecular complexity index is 2570. The number of carbonyl (C=O) groups excluding carboxylic acids is 2. The maximum Gasteiger partial charge on any atom is 0.140 e. The fourth-order valence-corrected chi connectivity index (χ4v) is 13.9. The van der Waals surface area contributed by atoms with Gasteiger partial charge in [0.15, 0.2) is 0 Å². The summed E-state index contributed by atoms with van der Waals surface area (Å²) >= 11 is 12.0. The number of rotatable bonds is 10. The summed E-state index contributed by atoms with van der Waals surface area (Å²) < 4.78 is 28.0. The van der Waals surface area contributed by atoms with Gasteiger partial charge >= 0.3 is 0 Å². The van der Waals surface area contributed by atoms with Gasteiger partial charge in [0.25, 0.3) is 0 Å². The number of halogens is 4. The molecule has 4 aromatic carbocycles. The molecule has 0 saturated heterocycles. The highest BCUT2D eigenvalue weighted by molar-refractivity contribution is 6.30. The zero-order valence-corrected chi connectivity index (χ0v) is 40.7. The van der Waals surface area contributed by atoms with Crippen molar-refractivity contribution in [3.8, 4) is 0 Å². The summed E-state index contributed by atoms with van der Waals surface area (Å²) in [4.78, 5) is 35.1. The number of hydrogen-bond acceptors (Lipinski definition) is 4. The van der Waals surface area contributed by atoms with Crippen LogP contribution < -0.4 is 0 Å². The van der Waals surface area contributed by atoms with E-state index in [0.717, 1.165) is 84.3 Å². The molecule has 2 aromatic heterocycles. The molecule has 6 aromatic rings. The maximum absolute atomic E-state index is 14.0. The predicted molar refractivity (Wildman–Crippen MR) is 264 cm³/mol. The monoisotopic (exact) mass is 926 g/mol. The van der Waals surface area contributed by atoms with Crippen LogP contribution in [0.25, 0.3) is 21.8 Å². The molecule has 6 unspecified atom stereocenters. The number of benzene rings is 4. The maximum atomic E-state index is 14.0. The molecular formula is C58H62Cl2F2N2O2. The SMILES string of the molecule is CC(C(=O)Cc1ccc(Cl)cc1)C1C[C@]2(C)CC(c3ccnc4ccc(F)cc34)C[C@]2(C)C1.CC(C(=O)Cc1ccc(Cl)cc1)C1C[C@]2(C)CC(c3ccnc4ccc(F)cc34)C[C@]2(C)C1. The van der Waals surface area contributed by atoms with Gasteiger partial charge in [0.05, 0.1) is 11.0 Å². The van der Waals surface area contributed by atoms with Gasteiger partial charge in [0.2, 0.25) is 0 Å². The Morgan fingerprint density at radius 1 is 0.530 bits per heavy atom. The summed E-state index contributed by atoms with van der Waals surface area (Å²) in [5.41, 5.74) is 6.95. The second kappa shape index (κ2) is 17.9. The summed E-state index contributed by atoms with van der Waals surface area (Å²) in [5.74, 6) is 1.94. The van der Waals surface area contributed by atoms with Crippen molar-refractivity contribution < 1.29 is 18.4 Å². The van der Waals surface area contributed by atoms with E-state index in [4.69, 9.17) is 23.2 Å². The molecule has 0 bridgehead atoms. The summed E-state index contributed by atoms with van der Waals surface area (Å²) in [6.07, 6.45) is 13.3. The number of pyridine rings is 2. The molecule has 2 heterocycles. The minimum atomic E-state index is -0.208. The van der Waals surface area contributed by atoms with Gasteiger partial charge in [-0.1, -0.05) is 89.0 Å². The number of hydrogen-bond donors (Lipinski definition) is 0. The van der Waals surface area contributed by atoms with E-state index in [1.165, 1.54) is 23.3 Å². The molecule has 0 radical (unpaired) electrons. The third-order valence-electron chi connectivity index (χ3n) is 17.9. The average molecular weight is 928 g/mol. The molecule has 10 atom stereocenters. The second-order valence-corrected chi connectivity index (χ2v) is 22.9. The van der Waals surface area contributed by atoms with Crippen molar-refractivity contribution in [3.63, 3.8) is 0 Å². The fourth-order valence-electron chi connectivity index (χ4n) is 13.7. The van der Waals surface area contributed by atoms with Crippen molar-refractivity contribution >= 4 is 56.6 Å². The lowest BCUT2D eigenvalue weighted by molar-refractivity contribution is -0.124. The smallest absolute Gasteiger partial charge is 0.140 e. The van der Waals surface area contributed by atoms with Gasteiger partial charge in [0, 0.05) is 57.9 Å². The number of fused-ring (bicyclic) bond motifs is 4. The predicted octanol–water partition coefficient (Wildman–Crippen LogP) is 15.6. The van der Waals surface area contributed by atoms with Crippen LogP contribution in [0.15, 0.2) is 109 Å². The average Bonchev–Trinajstić information content (AvgIpc) is 3.89. The first-order valence-corrected chi connectivity index (χ1v) is 24.7. The number of ketones is 2. The number of nitrogens with zero attached hydrogens (tertiary/aromatic N) is 2. The van der Waals surface area contributed by atoms with Crippen molar-refractivity contribution in [1.82, 2.24) is 9.97 Å². The van der Waals surface area contributed by atoms with E-state index in [1.54, 1.807) is 24.3 Å². The molecule has 8 heteroatoms. The van der Waals surface area contributed by atoms with E-state index in [2.05, 4.69) is 63.6 Å². The molecule has 4 fully saturated rings. The first-order valence-electron chi connectivity index (χ1n) is 24.0. The normalized spacial score (nSPS) is 29.8. The van der Waals surface area contributed by atoms with Crippen LogP contribution >= 0.6 is 23.2 Å². The molecule has 0 N–H and O–H groups in total. The molecule has 10 rings (SSSR count). The molecule has 4 saturated carbocycles. The molecule has 344 valence electrons. The molecule has 4 nitrogen and oxygen atoms in total. The third-order valence-corrected chi connectivity index (χ3v) is 18.4. The van der Waals surface area contributed by atoms with Gasteiger partial charge in [-0.05, 0) is 192 Å².